The molecule has 0 bridgehead atoms. The van der Waals surface area contributed by atoms with Crippen molar-refractivity contribution in [1.82, 2.24) is 9.78 Å². The zero-order valence-corrected chi connectivity index (χ0v) is 16.4. The van der Waals surface area contributed by atoms with Crippen molar-refractivity contribution in [2.75, 3.05) is 4.90 Å². The number of hydrogen-bond acceptors (Lipinski definition) is 4. The van der Waals surface area contributed by atoms with Crippen LogP contribution in [0.5, 0.6) is 0 Å². The van der Waals surface area contributed by atoms with Crippen LogP contribution < -0.4 is 4.90 Å². The summed E-state index contributed by atoms with van der Waals surface area (Å²) in [5, 5.41) is 24.6. The third kappa shape index (κ3) is 3.94. The second-order valence-corrected chi connectivity index (χ2v) is 7.85. The van der Waals surface area contributed by atoms with E-state index >= 15 is 0 Å². The first-order valence-corrected chi connectivity index (χ1v) is 9.69. The highest BCUT2D eigenvalue weighted by Gasteiger charge is 2.38. The van der Waals surface area contributed by atoms with Crippen molar-refractivity contribution < 1.29 is 19.8 Å². The zero-order valence-electron chi connectivity index (χ0n) is 16.4. The number of aliphatic hydroxyl groups is 1. The summed E-state index contributed by atoms with van der Waals surface area (Å²) in [5.74, 6) is -1.47. The number of aromatic carboxylic acids is 1. The minimum Gasteiger partial charge on any atom is -0.477 e. The molecule has 2 N–H and O–H groups in total. The second kappa shape index (κ2) is 8.14. The van der Waals surface area contributed by atoms with E-state index in [0.29, 0.717) is 24.4 Å². The van der Waals surface area contributed by atoms with Gasteiger partial charge in [0.15, 0.2) is 5.82 Å². The van der Waals surface area contributed by atoms with Gasteiger partial charge in [-0.05, 0) is 51.2 Å². The summed E-state index contributed by atoms with van der Waals surface area (Å²) in [4.78, 5) is 26.6. The Kier molecular flexibility index (Phi) is 5.84. The third-order valence-electron chi connectivity index (χ3n) is 5.32. The predicted octanol–water partition coefficient (Wildman–Crippen LogP) is 3.11. The molecule has 1 heterocycles. The van der Waals surface area contributed by atoms with E-state index in [1.54, 1.807) is 0 Å². The van der Waals surface area contributed by atoms with Crippen LogP contribution in [0.2, 0.25) is 0 Å². The summed E-state index contributed by atoms with van der Waals surface area (Å²) in [6, 6.07) is 8.87. The number of carbonyl (C=O) groups is 2. The number of carbonyl (C=O) groups excluding carboxylic acids is 1. The van der Waals surface area contributed by atoms with Crippen LogP contribution in [-0.4, -0.2) is 44.0 Å². The maximum Gasteiger partial charge on any atom is 0.341 e. The fraction of sp³-hybridized carbons (Fsp3) is 0.476. The van der Waals surface area contributed by atoms with Gasteiger partial charge in [-0.2, -0.15) is 0 Å². The Morgan fingerprint density at radius 2 is 1.89 bits per heavy atom. The van der Waals surface area contributed by atoms with Gasteiger partial charge >= 0.3 is 5.97 Å². The van der Waals surface area contributed by atoms with Gasteiger partial charge in [-0.3, -0.25) is 9.69 Å². The van der Waals surface area contributed by atoms with Crippen molar-refractivity contribution in [3.05, 3.63) is 42.1 Å². The molecule has 0 radical (unpaired) electrons. The van der Waals surface area contributed by atoms with E-state index in [0.717, 1.165) is 6.42 Å². The molecule has 0 saturated heterocycles. The molecule has 7 nitrogen and oxygen atoms in total. The first-order chi connectivity index (χ1) is 13.3. The maximum atomic E-state index is 13.3. The van der Waals surface area contributed by atoms with Gasteiger partial charge in [0.2, 0.25) is 5.91 Å². The van der Waals surface area contributed by atoms with E-state index in [2.05, 4.69) is 12.0 Å². The standard InChI is InChI=1S/C21H27N3O4/c1-13(2)24(20(26)16-10-9-14(3)11-18(16)25)19-17(21(27)28)12-23(22-19)15-7-5-4-6-8-15/h4-8,12-14,16,18,25H,9-11H2,1-3H3,(H,27,28)/t14-,16?,18+/m0/s1. The van der Waals surface area contributed by atoms with Crippen LogP contribution >= 0.6 is 0 Å². The molecule has 28 heavy (non-hydrogen) atoms. The molecule has 1 saturated carbocycles. The highest BCUT2D eigenvalue weighted by Crippen LogP contribution is 2.33. The number of anilines is 1. The summed E-state index contributed by atoms with van der Waals surface area (Å²) in [6.45, 7) is 5.71. The van der Waals surface area contributed by atoms with E-state index < -0.39 is 18.0 Å². The Hall–Kier alpha value is -2.67. The molecule has 1 aliphatic carbocycles. The average molecular weight is 385 g/mol. The van der Waals surface area contributed by atoms with Crippen LogP contribution in [0, 0.1) is 11.8 Å². The molecule has 1 unspecified atom stereocenters. The summed E-state index contributed by atoms with van der Waals surface area (Å²) >= 11 is 0. The van der Waals surface area contributed by atoms with Gasteiger partial charge in [-0.15, -0.1) is 5.10 Å². The number of amides is 1. The largest absolute Gasteiger partial charge is 0.477 e. The Balaban J connectivity index is 2.01. The average Bonchev–Trinajstić information content (AvgIpc) is 3.07. The van der Waals surface area contributed by atoms with Gasteiger partial charge < -0.3 is 10.2 Å². The molecule has 3 atom stereocenters. The molecule has 150 valence electrons. The Morgan fingerprint density at radius 1 is 1.21 bits per heavy atom. The molecule has 3 rings (SSSR count). The fourth-order valence-corrected chi connectivity index (χ4v) is 3.83. The SMILES string of the molecule is CC(C)N(C(=O)C1CC[C@H](C)C[C@H]1O)c1nn(-c2ccccc2)cc1C(=O)O. The van der Waals surface area contributed by atoms with Crippen molar-refractivity contribution in [3.63, 3.8) is 0 Å². The number of nitrogens with zero attached hydrogens (tertiary/aromatic N) is 3. The molecule has 1 amide bonds. The molecule has 1 aromatic heterocycles. The Bertz CT molecular complexity index is 847. The summed E-state index contributed by atoms with van der Waals surface area (Å²) in [7, 11) is 0. The lowest BCUT2D eigenvalue weighted by molar-refractivity contribution is -0.128. The van der Waals surface area contributed by atoms with Crippen LogP contribution in [-0.2, 0) is 4.79 Å². The highest BCUT2D eigenvalue weighted by molar-refractivity contribution is 6.02. The van der Waals surface area contributed by atoms with Crippen molar-refractivity contribution in [2.24, 2.45) is 11.8 Å². The first kappa shape index (κ1) is 20.1. The van der Waals surface area contributed by atoms with E-state index in [-0.39, 0.29) is 23.3 Å². The molecule has 1 fully saturated rings. The molecule has 0 spiro atoms. The summed E-state index contributed by atoms with van der Waals surface area (Å²) < 4.78 is 1.47. The zero-order chi connectivity index (χ0) is 20.4. The quantitative estimate of drug-likeness (QED) is 0.824. The van der Waals surface area contributed by atoms with Gasteiger partial charge in [0.05, 0.1) is 17.7 Å². The second-order valence-electron chi connectivity index (χ2n) is 7.85. The van der Waals surface area contributed by atoms with Crippen LogP contribution in [0.3, 0.4) is 0 Å². The molecule has 0 aliphatic heterocycles. The van der Waals surface area contributed by atoms with E-state index in [9.17, 15) is 19.8 Å². The summed E-state index contributed by atoms with van der Waals surface area (Å²) in [5.41, 5.74) is 0.670. The molecule has 7 heteroatoms. The summed E-state index contributed by atoms with van der Waals surface area (Å²) in [6.07, 6.45) is 2.74. The number of aromatic nitrogens is 2. The Labute approximate surface area is 164 Å². The van der Waals surface area contributed by atoms with E-state index in [1.807, 2.05) is 44.2 Å². The number of carboxylic acids is 1. The van der Waals surface area contributed by atoms with Gasteiger partial charge in [-0.1, -0.05) is 25.1 Å². The molecule has 1 aromatic carbocycles. The normalized spacial score (nSPS) is 22.2. The fourth-order valence-electron chi connectivity index (χ4n) is 3.83. The lowest BCUT2D eigenvalue weighted by Crippen LogP contribution is -2.47. The molecular weight excluding hydrogens is 358 g/mol. The Morgan fingerprint density at radius 3 is 2.46 bits per heavy atom. The number of benzene rings is 1. The minimum absolute atomic E-state index is 0.0374. The lowest BCUT2D eigenvalue weighted by Gasteiger charge is -2.35. The molecule has 1 aliphatic rings. The number of carboxylic acid groups (broad SMARTS) is 1. The molecular formula is C21H27N3O4. The number of aliphatic hydroxyl groups excluding tert-OH is 1. The van der Waals surface area contributed by atoms with Gasteiger partial charge in [-0.25, -0.2) is 9.48 Å². The smallest absolute Gasteiger partial charge is 0.341 e. The van der Waals surface area contributed by atoms with Crippen LogP contribution in [0.4, 0.5) is 5.82 Å². The van der Waals surface area contributed by atoms with Crippen molar-refractivity contribution >= 4 is 17.7 Å². The topological polar surface area (TPSA) is 95.7 Å². The predicted molar refractivity (Wildman–Crippen MR) is 106 cm³/mol. The van der Waals surface area contributed by atoms with Crippen LogP contribution in [0.15, 0.2) is 36.5 Å². The van der Waals surface area contributed by atoms with Crippen molar-refractivity contribution in [1.29, 1.82) is 0 Å². The van der Waals surface area contributed by atoms with E-state index in [4.69, 9.17) is 0 Å². The number of para-hydroxylation sites is 1. The van der Waals surface area contributed by atoms with Crippen LogP contribution in [0.25, 0.3) is 5.69 Å². The van der Waals surface area contributed by atoms with Crippen LogP contribution in [0.1, 0.15) is 50.4 Å². The van der Waals surface area contributed by atoms with Gasteiger partial charge in [0.25, 0.3) is 0 Å². The van der Waals surface area contributed by atoms with E-state index in [1.165, 1.54) is 15.8 Å². The monoisotopic (exact) mass is 385 g/mol. The number of rotatable bonds is 5. The van der Waals surface area contributed by atoms with Crippen molar-refractivity contribution in [2.45, 2.75) is 52.2 Å². The highest BCUT2D eigenvalue weighted by atomic mass is 16.4. The molecule has 2 aromatic rings. The number of hydrogen-bond donors (Lipinski definition) is 2. The first-order valence-electron chi connectivity index (χ1n) is 9.69. The minimum atomic E-state index is -1.14. The lowest BCUT2D eigenvalue weighted by atomic mass is 9.80. The van der Waals surface area contributed by atoms with Gasteiger partial charge in [0.1, 0.15) is 5.56 Å². The third-order valence-corrected chi connectivity index (χ3v) is 5.32. The van der Waals surface area contributed by atoms with Gasteiger partial charge in [0, 0.05) is 12.2 Å². The van der Waals surface area contributed by atoms with Crippen molar-refractivity contribution in [3.8, 4) is 5.69 Å². The maximum absolute atomic E-state index is 13.3.